The standard InChI is InChI=1S/C20H23ClN2O6/c1-26-15-5-4-12(8-16(15)27-2)6-7-23-20(25)13-9-14(21)19(17(10-13)28-3)29-11-18(22)24/h4-5,8-10H,6-7,11H2,1-3H3,(H2,22,24)(H,23,25). The van der Waals surface area contributed by atoms with Crippen LogP contribution in [0.2, 0.25) is 5.02 Å². The Balaban J connectivity index is 2.03. The highest BCUT2D eigenvalue weighted by Gasteiger charge is 2.16. The average molecular weight is 423 g/mol. The van der Waals surface area contributed by atoms with Gasteiger partial charge in [0.15, 0.2) is 29.6 Å². The van der Waals surface area contributed by atoms with Gasteiger partial charge in [0, 0.05) is 12.1 Å². The molecule has 2 aromatic rings. The molecule has 0 atom stereocenters. The molecule has 0 heterocycles. The molecular weight excluding hydrogens is 400 g/mol. The molecule has 0 unspecified atom stereocenters. The third-order valence-electron chi connectivity index (χ3n) is 4.00. The summed E-state index contributed by atoms with van der Waals surface area (Å²) in [6.07, 6.45) is 0.594. The number of halogens is 1. The SMILES string of the molecule is COc1ccc(CCNC(=O)c2cc(Cl)c(OCC(N)=O)c(OC)c2)cc1OC. The Bertz CT molecular complexity index is 888. The fourth-order valence-electron chi connectivity index (χ4n) is 2.59. The third-order valence-corrected chi connectivity index (χ3v) is 4.28. The zero-order chi connectivity index (χ0) is 21.4. The summed E-state index contributed by atoms with van der Waals surface area (Å²) in [6, 6.07) is 8.49. The van der Waals surface area contributed by atoms with Gasteiger partial charge in [-0.05, 0) is 36.2 Å². The Morgan fingerprint density at radius 3 is 2.31 bits per heavy atom. The Kier molecular flexibility index (Phi) is 7.97. The van der Waals surface area contributed by atoms with Crippen molar-refractivity contribution < 1.29 is 28.5 Å². The maximum atomic E-state index is 12.5. The number of carbonyl (C=O) groups excluding carboxylic acids is 2. The van der Waals surface area contributed by atoms with Gasteiger partial charge in [-0.25, -0.2) is 0 Å². The highest BCUT2D eigenvalue weighted by atomic mass is 35.5. The first kappa shape index (κ1) is 22.2. The summed E-state index contributed by atoms with van der Waals surface area (Å²) < 4.78 is 20.9. The third kappa shape index (κ3) is 5.92. The first-order valence-corrected chi connectivity index (χ1v) is 9.05. The van der Waals surface area contributed by atoms with Gasteiger partial charge >= 0.3 is 0 Å². The van der Waals surface area contributed by atoms with Crippen molar-refractivity contribution in [3.63, 3.8) is 0 Å². The number of carbonyl (C=O) groups is 2. The summed E-state index contributed by atoms with van der Waals surface area (Å²) in [5, 5.41) is 2.96. The van der Waals surface area contributed by atoms with Gasteiger partial charge in [0.05, 0.1) is 26.4 Å². The molecule has 0 aliphatic heterocycles. The number of benzene rings is 2. The second-order valence-corrected chi connectivity index (χ2v) is 6.35. The van der Waals surface area contributed by atoms with E-state index in [1.54, 1.807) is 14.2 Å². The van der Waals surface area contributed by atoms with Crippen molar-refractivity contribution in [3.05, 3.63) is 46.5 Å². The minimum atomic E-state index is -0.653. The summed E-state index contributed by atoms with van der Waals surface area (Å²) in [6.45, 7) is 0.0428. The van der Waals surface area contributed by atoms with Crippen molar-refractivity contribution in [3.8, 4) is 23.0 Å². The molecule has 0 spiro atoms. The Labute approximate surface area is 173 Å². The van der Waals surface area contributed by atoms with Gasteiger partial charge in [-0.1, -0.05) is 17.7 Å². The fourth-order valence-corrected chi connectivity index (χ4v) is 2.86. The van der Waals surface area contributed by atoms with E-state index in [-0.39, 0.29) is 29.0 Å². The van der Waals surface area contributed by atoms with E-state index in [4.69, 9.17) is 36.3 Å². The molecule has 0 saturated heterocycles. The maximum Gasteiger partial charge on any atom is 0.255 e. The second-order valence-electron chi connectivity index (χ2n) is 5.94. The minimum absolute atomic E-state index is 0.135. The van der Waals surface area contributed by atoms with Crippen LogP contribution in [0.25, 0.3) is 0 Å². The number of nitrogens with one attached hydrogen (secondary N) is 1. The van der Waals surface area contributed by atoms with E-state index in [2.05, 4.69) is 5.32 Å². The molecule has 0 saturated carbocycles. The molecule has 8 nitrogen and oxygen atoms in total. The quantitative estimate of drug-likeness (QED) is 0.607. The number of rotatable bonds is 10. The van der Waals surface area contributed by atoms with Crippen LogP contribution >= 0.6 is 11.6 Å². The topological polar surface area (TPSA) is 109 Å². The molecule has 0 aliphatic rings. The van der Waals surface area contributed by atoms with Crippen LogP contribution in [-0.2, 0) is 11.2 Å². The molecule has 29 heavy (non-hydrogen) atoms. The summed E-state index contributed by atoms with van der Waals surface area (Å²) in [4.78, 5) is 23.4. The first-order valence-electron chi connectivity index (χ1n) is 8.67. The van der Waals surface area contributed by atoms with Crippen molar-refractivity contribution in [1.29, 1.82) is 0 Å². The Morgan fingerprint density at radius 1 is 1.00 bits per heavy atom. The zero-order valence-electron chi connectivity index (χ0n) is 16.4. The van der Waals surface area contributed by atoms with Crippen LogP contribution in [0, 0.1) is 0 Å². The second kappa shape index (κ2) is 10.4. The van der Waals surface area contributed by atoms with Gasteiger partial charge in [0.25, 0.3) is 11.8 Å². The predicted molar refractivity (Wildman–Crippen MR) is 108 cm³/mol. The zero-order valence-corrected chi connectivity index (χ0v) is 17.2. The van der Waals surface area contributed by atoms with Crippen molar-refractivity contribution in [1.82, 2.24) is 5.32 Å². The van der Waals surface area contributed by atoms with E-state index < -0.39 is 5.91 Å². The number of amides is 2. The molecule has 3 N–H and O–H groups in total. The number of primary amides is 1. The highest BCUT2D eigenvalue weighted by molar-refractivity contribution is 6.32. The molecular formula is C20H23ClN2O6. The average Bonchev–Trinajstić information content (AvgIpc) is 2.71. The van der Waals surface area contributed by atoms with Gasteiger partial charge in [-0.2, -0.15) is 0 Å². The number of nitrogens with two attached hydrogens (primary N) is 1. The Morgan fingerprint density at radius 2 is 1.69 bits per heavy atom. The maximum absolute atomic E-state index is 12.5. The molecule has 0 aromatic heterocycles. The van der Waals surface area contributed by atoms with Crippen LogP contribution in [0.1, 0.15) is 15.9 Å². The normalized spacial score (nSPS) is 10.2. The van der Waals surface area contributed by atoms with Gasteiger partial charge in [-0.15, -0.1) is 0 Å². The summed E-state index contributed by atoms with van der Waals surface area (Å²) in [5.41, 5.74) is 6.35. The van der Waals surface area contributed by atoms with Gasteiger partial charge in [0.1, 0.15) is 0 Å². The van der Waals surface area contributed by atoms with Crippen molar-refractivity contribution in [2.24, 2.45) is 5.73 Å². The lowest BCUT2D eigenvalue weighted by Gasteiger charge is -2.13. The summed E-state index contributed by atoms with van der Waals surface area (Å²) in [7, 11) is 4.54. The molecule has 0 aliphatic carbocycles. The van der Waals surface area contributed by atoms with Crippen molar-refractivity contribution in [2.45, 2.75) is 6.42 Å². The van der Waals surface area contributed by atoms with E-state index in [0.717, 1.165) is 5.56 Å². The molecule has 0 radical (unpaired) electrons. The van der Waals surface area contributed by atoms with Crippen LogP contribution in [0.15, 0.2) is 30.3 Å². The number of hydrogen-bond donors (Lipinski definition) is 2. The van der Waals surface area contributed by atoms with E-state index in [1.807, 2.05) is 18.2 Å². The summed E-state index contributed by atoms with van der Waals surface area (Å²) in [5.74, 6) is 0.658. The molecule has 0 bridgehead atoms. The molecule has 2 aromatic carbocycles. The Hall–Kier alpha value is -3.13. The van der Waals surface area contributed by atoms with Gasteiger partial charge < -0.3 is 30.0 Å². The number of hydrogen-bond acceptors (Lipinski definition) is 6. The lowest BCUT2D eigenvalue weighted by Crippen LogP contribution is -2.26. The van der Waals surface area contributed by atoms with E-state index in [1.165, 1.54) is 19.2 Å². The molecule has 2 rings (SSSR count). The van der Waals surface area contributed by atoms with E-state index in [9.17, 15) is 9.59 Å². The monoisotopic (exact) mass is 422 g/mol. The minimum Gasteiger partial charge on any atom is -0.493 e. The van der Waals surface area contributed by atoms with E-state index >= 15 is 0 Å². The van der Waals surface area contributed by atoms with Crippen LogP contribution in [0.3, 0.4) is 0 Å². The lowest BCUT2D eigenvalue weighted by molar-refractivity contribution is -0.119. The van der Waals surface area contributed by atoms with Crippen LogP contribution in [0.4, 0.5) is 0 Å². The molecule has 0 fully saturated rings. The van der Waals surface area contributed by atoms with E-state index in [0.29, 0.717) is 30.0 Å². The fraction of sp³-hybridized carbons (Fsp3) is 0.300. The van der Waals surface area contributed by atoms with Crippen LogP contribution in [0.5, 0.6) is 23.0 Å². The molecule has 156 valence electrons. The van der Waals surface area contributed by atoms with Gasteiger partial charge in [-0.3, -0.25) is 9.59 Å². The number of methoxy groups -OCH3 is 3. The van der Waals surface area contributed by atoms with Crippen LogP contribution in [-0.4, -0.2) is 46.3 Å². The molecule has 9 heteroatoms. The van der Waals surface area contributed by atoms with Gasteiger partial charge in [0.2, 0.25) is 0 Å². The smallest absolute Gasteiger partial charge is 0.255 e. The van der Waals surface area contributed by atoms with Crippen LogP contribution < -0.4 is 30.0 Å². The largest absolute Gasteiger partial charge is 0.493 e. The summed E-state index contributed by atoms with van der Waals surface area (Å²) >= 11 is 6.17. The predicted octanol–water partition coefficient (Wildman–Crippen LogP) is 2.20. The molecule has 2 amide bonds. The van der Waals surface area contributed by atoms with Crippen molar-refractivity contribution in [2.75, 3.05) is 34.5 Å². The first-order chi connectivity index (χ1) is 13.9. The van der Waals surface area contributed by atoms with Crippen molar-refractivity contribution >= 4 is 23.4 Å². The number of ether oxygens (including phenoxy) is 4. The lowest BCUT2D eigenvalue weighted by atomic mass is 10.1. The highest BCUT2D eigenvalue weighted by Crippen LogP contribution is 2.36.